The second-order valence-corrected chi connectivity index (χ2v) is 4.07. The summed E-state index contributed by atoms with van der Waals surface area (Å²) in [5, 5.41) is 0.0698. The van der Waals surface area contributed by atoms with Crippen molar-refractivity contribution in [2.24, 2.45) is 5.92 Å². The van der Waals surface area contributed by atoms with Gasteiger partial charge in [-0.25, -0.2) is 4.79 Å². The van der Waals surface area contributed by atoms with Gasteiger partial charge in [0.25, 0.3) is 5.56 Å². The summed E-state index contributed by atoms with van der Waals surface area (Å²) < 4.78 is 1.46. The van der Waals surface area contributed by atoms with Gasteiger partial charge < -0.3 is 0 Å². The highest BCUT2D eigenvalue weighted by Crippen LogP contribution is 2.32. The maximum absolute atomic E-state index is 11.3. The van der Waals surface area contributed by atoms with E-state index in [4.69, 9.17) is 11.6 Å². The fourth-order valence-electron chi connectivity index (χ4n) is 1.38. The molecule has 0 aliphatic heterocycles. The monoisotopic (exact) mass is 214 g/mol. The maximum atomic E-state index is 11.3. The number of nitrogens with one attached hydrogen (secondary N) is 1. The molecule has 1 N–H and O–H groups in total. The Labute approximate surface area is 85.5 Å². The lowest BCUT2D eigenvalue weighted by Gasteiger charge is -2.03. The number of aryl methyl sites for hydroxylation is 1. The highest BCUT2D eigenvalue weighted by Gasteiger charge is 2.20. The molecule has 4 nitrogen and oxygen atoms in total. The van der Waals surface area contributed by atoms with E-state index in [1.807, 2.05) is 0 Å². The van der Waals surface area contributed by atoms with E-state index in [2.05, 4.69) is 4.98 Å². The molecule has 1 aliphatic rings. The molecule has 0 unspecified atom stereocenters. The van der Waals surface area contributed by atoms with E-state index < -0.39 is 5.56 Å². The fourth-order valence-corrected chi connectivity index (χ4v) is 1.54. The van der Waals surface area contributed by atoms with Gasteiger partial charge in [0.2, 0.25) is 0 Å². The first-order chi connectivity index (χ1) is 6.66. The molecular weight excluding hydrogens is 204 g/mol. The van der Waals surface area contributed by atoms with Crippen LogP contribution >= 0.6 is 11.6 Å². The van der Waals surface area contributed by atoms with Crippen molar-refractivity contribution in [2.75, 3.05) is 0 Å². The Morgan fingerprint density at radius 2 is 2.21 bits per heavy atom. The van der Waals surface area contributed by atoms with Crippen LogP contribution in [0.3, 0.4) is 0 Å². The molecule has 76 valence electrons. The second-order valence-electron chi connectivity index (χ2n) is 3.66. The maximum Gasteiger partial charge on any atom is 0.328 e. The number of hydrogen-bond acceptors (Lipinski definition) is 2. The largest absolute Gasteiger partial charge is 0.328 e. The lowest BCUT2D eigenvalue weighted by molar-refractivity contribution is 0.569. The Balaban J connectivity index is 2.19. The third-order valence-electron chi connectivity index (χ3n) is 2.44. The van der Waals surface area contributed by atoms with Gasteiger partial charge in [-0.2, -0.15) is 0 Å². The summed E-state index contributed by atoms with van der Waals surface area (Å²) in [5.74, 6) is 0.757. The molecule has 1 aromatic heterocycles. The molecule has 1 aromatic rings. The van der Waals surface area contributed by atoms with Gasteiger partial charge in [0.05, 0.1) is 0 Å². The third kappa shape index (κ3) is 2.07. The Morgan fingerprint density at radius 1 is 1.50 bits per heavy atom. The molecule has 14 heavy (non-hydrogen) atoms. The lowest BCUT2D eigenvalue weighted by atomic mass is 10.3. The molecule has 0 spiro atoms. The molecule has 5 heteroatoms. The zero-order chi connectivity index (χ0) is 10.1. The highest BCUT2D eigenvalue weighted by atomic mass is 35.5. The van der Waals surface area contributed by atoms with Gasteiger partial charge in [-0.15, -0.1) is 0 Å². The molecule has 0 amide bonds. The zero-order valence-electron chi connectivity index (χ0n) is 7.62. The molecule has 0 bridgehead atoms. The van der Waals surface area contributed by atoms with Crippen LogP contribution in [0.4, 0.5) is 0 Å². The molecule has 1 aliphatic carbocycles. The van der Waals surface area contributed by atoms with Crippen LogP contribution in [0, 0.1) is 5.92 Å². The van der Waals surface area contributed by atoms with Crippen molar-refractivity contribution in [1.29, 1.82) is 0 Å². The van der Waals surface area contributed by atoms with Crippen LogP contribution in [-0.4, -0.2) is 9.55 Å². The molecular formula is C9H11ClN2O2. The summed E-state index contributed by atoms with van der Waals surface area (Å²) in [6.07, 6.45) is 4.91. The Morgan fingerprint density at radius 3 is 2.86 bits per heavy atom. The zero-order valence-corrected chi connectivity index (χ0v) is 8.38. The van der Waals surface area contributed by atoms with E-state index >= 15 is 0 Å². The number of halogens is 1. The van der Waals surface area contributed by atoms with E-state index in [1.54, 1.807) is 0 Å². The summed E-state index contributed by atoms with van der Waals surface area (Å²) >= 11 is 5.61. The number of hydrogen-bond donors (Lipinski definition) is 1. The average molecular weight is 215 g/mol. The predicted molar refractivity (Wildman–Crippen MR) is 53.7 cm³/mol. The van der Waals surface area contributed by atoms with E-state index in [0.717, 1.165) is 12.3 Å². The van der Waals surface area contributed by atoms with Gasteiger partial charge in [-0.3, -0.25) is 14.3 Å². The topological polar surface area (TPSA) is 54.9 Å². The van der Waals surface area contributed by atoms with Crippen LogP contribution in [0.2, 0.25) is 5.02 Å². The summed E-state index contributed by atoms with van der Waals surface area (Å²) in [4.78, 5) is 24.4. The Bertz CT molecular complexity index is 445. The summed E-state index contributed by atoms with van der Waals surface area (Å²) in [6.45, 7) is 0.639. The van der Waals surface area contributed by atoms with Gasteiger partial charge in [-0.05, 0) is 12.3 Å². The number of rotatable bonds is 3. The van der Waals surface area contributed by atoms with Gasteiger partial charge >= 0.3 is 5.69 Å². The normalized spacial score (nSPS) is 15.8. The van der Waals surface area contributed by atoms with Crippen LogP contribution in [0.15, 0.2) is 15.8 Å². The summed E-state index contributed by atoms with van der Waals surface area (Å²) in [7, 11) is 0. The summed E-state index contributed by atoms with van der Waals surface area (Å²) in [6, 6.07) is 0. The minimum absolute atomic E-state index is 0.0698. The highest BCUT2D eigenvalue weighted by molar-refractivity contribution is 6.30. The second kappa shape index (κ2) is 3.61. The number of H-pyrrole nitrogens is 1. The predicted octanol–water partition coefficient (Wildman–Crippen LogP) is 0.990. The van der Waals surface area contributed by atoms with E-state index in [1.165, 1.54) is 23.6 Å². The summed E-state index contributed by atoms with van der Waals surface area (Å²) in [5.41, 5.74) is -0.889. The molecule has 0 aromatic carbocycles. The molecule has 1 saturated carbocycles. The molecule has 0 atom stereocenters. The first-order valence-electron chi connectivity index (χ1n) is 4.66. The van der Waals surface area contributed by atoms with E-state index in [0.29, 0.717) is 6.54 Å². The first-order valence-corrected chi connectivity index (χ1v) is 5.04. The molecule has 1 heterocycles. The van der Waals surface area contributed by atoms with Crippen LogP contribution in [0.1, 0.15) is 19.3 Å². The Kier molecular flexibility index (Phi) is 2.46. The van der Waals surface area contributed by atoms with Crippen molar-refractivity contribution in [1.82, 2.24) is 9.55 Å². The number of aromatic nitrogens is 2. The van der Waals surface area contributed by atoms with Crippen LogP contribution in [0.5, 0.6) is 0 Å². The smallest absolute Gasteiger partial charge is 0.299 e. The molecule has 2 rings (SSSR count). The average Bonchev–Trinajstić information content (AvgIpc) is 2.92. The molecule has 0 saturated heterocycles. The number of nitrogens with zero attached hydrogens (tertiary/aromatic N) is 1. The van der Waals surface area contributed by atoms with E-state index in [-0.39, 0.29) is 10.7 Å². The molecule has 1 fully saturated rings. The minimum atomic E-state index is -0.515. The standard InChI is InChI=1S/C9H11ClN2O2/c10-7-5-12(4-3-6-1-2-6)9(14)11-8(7)13/h5-6H,1-4H2,(H,11,13,14). The SMILES string of the molecule is O=c1[nH]c(=O)n(CCC2CC2)cc1Cl. The van der Waals surface area contributed by atoms with Crippen molar-refractivity contribution < 1.29 is 0 Å². The van der Waals surface area contributed by atoms with Crippen molar-refractivity contribution in [2.45, 2.75) is 25.8 Å². The third-order valence-corrected chi connectivity index (χ3v) is 2.71. The quantitative estimate of drug-likeness (QED) is 0.816. The fraction of sp³-hybridized carbons (Fsp3) is 0.556. The van der Waals surface area contributed by atoms with Crippen LogP contribution in [-0.2, 0) is 6.54 Å². The van der Waals surface area contributed by atoms with Crippen molar-refractivity contribution in [3.05, 3.63) is 32.1 Å². The van der Waals surface area contributed by atoms with Gasteiger partial charge in [0.1, 0.15) is 5.02 Å². The van der Waals surface area contributed by atoms with Crippen molar-refractivity contribution >= 4 is 11.6 Å². The minimum Gasteiger partial charge on any atom is -0.299 e. The van der Waals surface area contributed by atoms with Crippen LogP contribution < -0.4 is 11.2 Å². The van der Waals surface area contributed by atoms with Gasteiger partial charge in [-0.1, -0.05) is 24.4 Å². The van der Waals surface area contributed by atoms with Crippen LogP contribution in [0.25, 0.3) is 0 Å². The Hall–Kier alpha value is -1.03. The van der Waals surface area contributed by atoms with Crippen molar-refractivity contribution in [3.63, 3.8) is 0 Å². The first kappa shape index (κ1) is 9.52. The van der Waals surface area contributed by atoms with Gasteiger partial charge in [0.15, 0.2) is 0 Å². The molecule has 0 radical (unpaired) electrons. The number of aromatic amines is 1. The van der Waals surface area contributed by atoms with Gasteiger partial charge in [0, 0.05) is 12.7 Å². The van der Waals surface area contributed by atoms with E-state index in [9.17, 15) is 9.59 Å². The lowest BCUT2D eigenvalue weighted by Crippen LogP contribution is -2.29. The van der Waals surface area contributed by atoms with Crippen molar-refractivity contribution in [3.8, 4) is 0 Å².